The summed E-state index contributed by atoms with van der Waals surface area (Å²) in [5.41, 5.74) is 8.47. The lowest BCUT2D eigenvalue weighted by Crippen LogP contribution is -2.47. The summed E-state index contributed by atoms with van der Waals surface area (Å²) in [5, 5.41) is 0. The molecule has 0 bridgehead atoms. The molecule has 1 rings (SSSR count). The third-order valence-corrected chi connectivity index (χ3v) is 1.90. The topological polar surface area (TPSA) is 128 Å². The molecule has 0 saturated heterocycles. The molecular weight excluding hydrogens is 254 g/mol. The van der Waals surface area contributed by atoms with Crippen molar-refractivity contribution in [2.75, 3.05) is 0 Å². The number of hydrazine groups is 1. The van der Waals surface area contributed by atoms with Crippen LogP contribution in [0.25, 0.3) is 0 Å². The fourth-order valence-electron chi connectivity index (χ4n) is 1.14. The molecule has 0 heterocycles. The molecule has 0 aromatic heterocycles. The fraction of sp³-hybridized carbons (Fsp3) is 0.0909. The van der Waals surface area contributed by atoms with Gasteiger partial charge in [-0.05, 0) is 12.1 Å². The highest BCUT2D eigenvalue weighted by Gasteiger charge is 2.15. The minimum atomic E-state index is -1.24. The van der Waals surface area contributed by atoms with Crippen molar-refractivity contribution in [2.45, 2.75) is 6.92 Å². The van der Waals surface area contributed by atoms with E-state index in [2.05, 4.69) is 5.73 Å². The van der Waals surface area contributed by atoms with Crippen molar-refractivity contribution in [2.24, 2.45) is 5.73 Å². The number of nitrogens with one attached hydrogen (secondary N) is 2. The molecule has 0 unspecified atom stereocenters. The molecule has 3 amide bonds. The van der Waals surface area contributed by atoms with E-state index in [0.717, 1.165) is 0 Å². The van der Waals surface area contributed by atoms with Crippen molar-refractivity contribution in [3.63, 3.8) is 0 Å². The highest BCUT2D eigenvalue weighted by molar-refractivity contribution is 6.34. The van der Waals surface area contributed by atoms with Crippen LogP contribution < -0.4 is 21.3 Å². The Hall–Kier alpha value is -2.90. The maximum atomic E-state index is 11.7. The third-order valence-electron chi connectivity index (χ3n) is 1.90. The molecule has 8 heteroatoms. The van der Waals surface area contributed by atoms with Crippen molar-refractivity contribution >= 4 is 23.7 Å². The Bertz CT molecular complexity index is 541. The van der Waals surface area contributed by atoms with Crippen LogP contribution in [0.3, 0.4) is 0 Å². The number of ether oxygens (including phenoxy) is 1. The number of benzene rings is 1. The van der Waals surface area contributed by atoms with Crippen LogP contribution in [-0.4, -0.2) is 23.7 Å². The van der Waals surface area contributed by atoms with Crippen molar-refractivity contribution in [3.05, 3.63) is 29.8 Å². The molecular formula is C11H11N3O5. The van der Waals surface area contributed by atoms with Gasteiger partial charge in [-0.15, -0.1) is 0 Å². The summed E-state index contributed by atoms with van der Waals surface area (Å²) >= 11 is 0. The van der Waals surface area contributed by atoms with Gasteiger partial charge in [0.25, 0.3) is 5.91 Å². The number of esters is 1. The van der Waals surface area contributed by atoms with Crippen LogP contribution in [0.2, 0.25) is 0 Å². The van der Waals surface area contributed by atoms with E-state index < -0.39 is 23.7 Å². The number of nitrogens with two attached hydrogens (primary N) is 1. The molecule has 0 radical (unpaired) electrons. The van der Waals surface area contributed by atoms with E-state index in [9.17, 15) is 19.2 Å². The molecule has 0 spiro atoms. The Morgan fingerprint density at radius 3 is 2.32 bits per heavy atom. The number of rotatable bonds is 2. The SMILES string of the molecule is CC(=O)Oc1ccccc1C(=O)NNC(=O)C(N)=O. The van der Waals surface area contributed by atoms with Gasteiger partial charge in [0.05, 0.1) is 5.56 Å². The van der Waals surface area contributed by atoms with E-state index in [1.54, 1.807) is 6.07 Å². The van der Waals surface area contributed by atoms with Crippen molar-refractivity contribution in [3.8, 4) is 5.75 Å². The first-order chi connectivity index (χ1) is 8.91. The second-order valence-corrected chi connectivity index (χ2v) is 3.36. The first kappa shape index (κ1) is 14.2. The Balaban J connectivity index is 2.79. The van der Waals surface area contributed by atoms with Crippen LogP contribution in [0.5, 0.6) is 5.75 Å². The summed E-state index contributed by atoms with van der Waals surface area (Å²) in [5.74, 6) is -3.74. The summed E-state index contributed by atoms with van der Waals surface area (Å²) in [7, 11) is 0. The van der Waals surface area contributed by atoms with Crippen LogP contribution in [0.1, 0.15) is 17.3 Å². The largest absolute Gasteiger partial charge is 0.426 e. The quantitative estimate of drug-likeness (QED) is 0.269. The fourth-order valence-corrected chi connectivity index (χ4v) is 1.14. The molecule has 0 atom stereocenters. The predicted octanol–water partition coefficient (Wildman–Crippen LogP) is -1.14. The Kier molecular flexibility index (Phi) is 4.58. The van der Waals surface area contributed by atoms with Crippen LogP contribution in [0.15, 0.2) is 24.3 Å². The number of carbonyl (C=O) groups excluding carboxylic acids is 4. The number of carbonyl (C=O) groups is 4. The zero-order valence-electron chi connectivity index (χ0n) is 9.93. The second-order valence-electron chi connectivity index (χ2n) is 3.36. The summed E-state index contributed by atoms with van der Waals surface area (Å²) in [4.78, 5) is 43.9. The standard InChI is InChI=1S/C11H11N3O5/c1-6(15)19-8-5-3-2-4-7(8)10(17)13-14-11(18)9(12)16/h2-5H,1H3,(H2,12,16)(H,13,17)(H,14,18). The number of para-hydroxylation sites is 1. The Labute approximate surface area is 107 Å². The molecule has 0 aliphatic carbocycles. The Morgan fingerprint density at radius 2 is 1.74 bits per heavy atom. The van der Waals surface area contributed by atoms with Gasteiger partial charge in [-0.1, -0.05) is 12.1 Å². The van der Waals surface area contributed by atoms with Crippen LogP contribution in [0, 0.1) is 0 Å². The monoisotopic (exact) mass is 265 g/mol. The van der Waals surface area contributed by atoms with E-state index in [4.69, 9.17) is 4.74 Å². The van der Waals surface area contributed by atoms with Crippen LogP contribution in [-0.2, 0) is 14.4 Å². The lowest BCUT2D eigenvalue weighted by molar-refractivity contribution is -0.137. The van der Waals surface area contributed by atoms with Crippen molar-refractivity contribution in [1.29, 1.82) is 0 Å². The van der Waals surface area contributed by atoms with Gasteiger partial charge in [-0.2, -0.15) is 0 Å². The molecule has 1 aromatic carbocycles. The molecule has 0 fully saturated rings. The van der Waals surface area contributed by atoms with Crippen LogP contribution in [0.4, 0.5) is 0 Å². The summed E-state index contributed by atoms with van der Waals surface area (Å²) in [6.45, 7) is 1.18. The van der Waals surface area contributed by atoms with Gasteiger partial charge in [0.1, 0.15) is 5.75 Å². The first-order valence-electron chi connectivity index (χ1n) is 5.09. The van der Waals surface area contributed by atoms with E-state index in [-0.39, 0.29) is 11.3 Å². The van der Waals surface area contributed by atoms with Gasteiger partial charge >= 0.3 is 17.8 Å². The zero-order chi connectivity index (χ0) is 14.4. The average molecular weight is 265 g/mol. The predicted molar refractivity (Wildman–Crippen MR) is 62.6 cm³/mol. The van der Waals surface area contributed by atoms with E-state index >= 15 is 0 Å². The minimum absolute atomic E-state index is 0.0162. The molecule has 0 aliphatic rings. The van der Waals surface area contributed by atoms with Gasteiger partial charge in [0.15, 0.2) is 0 Å². The number of hydrogen-bond acceptors (Lipinski definition) is 5. The summed E-state index contributed by atoms with van der Waals surface area (Å²) in [6.07, 6.45) is 0. The zero-order valence-corrected chi connectivity index (χ0v) is 9.93. The third kappa shape index (κ3) is 4.11. The van der Waals surface area contributed by atoms with Gasteiger partial charge < -0.3 is 10.5 Å². The second kappa shape index (κ2) is 6.15. The molecule has 4 N–H and O–H groups in total. The van der Waals surface area contributed by atoms with Crippen molar-refractivity contribution in [1.82, 2.24) is 10.9 Å². The van der Waals surface area contributed by atoms with Gasteiger partial charge in [-0.25, -0.2) is 0 Å². The number of amides is 3. The maximum absolute atomic E-state index is 11.7. The summed E-state index contributed by atoms with van der Waals surface area (Å²) < 4.78 is 4.82. The molecule has 0 aliphatic heterocycles. The maximum Gasteiger partial charge on any atom is 0.327 e. The van der Waals surface area contributed by atoms with E-state index in [1.807, 2.05) is 10.9 Å². The molecule has 0 saturated carbocycles. The summed E-state index contributed by atoms with van der Waals surface area (Å²) in [6, 6.07) is 5.89. The highest BCUT2D eigenvalue weighted by Crippen LogP contribution is 2.17. The molecule has 19 heavy (non-hydrogen) atoms. The average Bonchev–Trinajstić information content (AvgIpc) is 2.35. The molecule has 1 aromatic rings. The minimum Gasteiger partial charge on any atom is -0.426 e. The Morgan fingerprint density at radius 1 is 1.11 bits per heavy atom. The number of primary amides is 1. The van der Waals surface area contributed by atoms with Crippen LogP contribution >= 0.6 is 0 Å². The molecule has 100 valence electrons. The van der Waals surface area contributed by atoms with Gasteiger partial charge in [0.2, 0.25) is 0 Å². The lowest BCUT2D eigenvalue weighted by atomic mass is 10.2. The van der Waals surface area contributed by atoms with Crippen molar-refractivity contribution < 1.29 is 23.9 Å². The first-order valence-corrected chi connectivity index (χ1v) is 5.09. The number of hydrogen-bond donors (Lipinski definition) is 3. The van der Waals surface area contributed by atoms with Gasteiger partial charge in [0, 0.05) is 6.92 Å². The molecule has 8 nitrogen and oxygen atoms in total. The normalized spacial score (nSPS) is 9.32. The lowest BCUT2D eigenvalue weighted by Gasteiger charge is -2.09. The van der Waals surface area contributed by atoms with E-state index in [0.29, 0.717) is 0 Å². The van der Waals surface area contributed by atoms with Gasteiger partial charge in [-0.3, -0.25) is 30.0 Å². The van der Waals surface area contributed by atoms with E-state index in [1.165, 1.54) is 25.1 Å². The smallest absolute Gasteiger partial charge is 0.327 e. The highest BCUT2D eigenvalue weighted by atomic mass is 16.5.